The van der Waals surface area contributed by atoms with E-state index in [1.807, 2.05) is 48.5 Å². The third-order valence-corrected chi connectivity index (χ3v) is 4.57. The summed E-state index contributed by atoms with van der Waals surface area (Å²) in [6.07, 6.45) is 8.41. The van der Waals surface area contributed by atoms with Crippen LogP contribution in [0, 0.1) is 0 Å². The van der Waals surface area contributed by atoms with Gasteiger partial charge in [-0.05, 0) is 64.7 Å². The Hall–Kier alpha value is -2.78. The van der Waals surface area contributed by atoms with Crippen LogP contribution in [0.2, 0.25) is 0 Å². The number of benzene rings is 3. The number of hydrogen-bond donors (Lipinski definition) is 0. The standard InChI is InChI=1S/C24H21BrO2/c1-26-23-11-7-18(8-12-23)3-5-20-15-21(17-22(25)16-20)6-4-19-9-13-24(27-2)14-10-19/h3-17H,1-2H3/b5-3+,6-4+. The maximum Gasteiger partial charge on any atom is 0.118 e. The Balaban J connectivity index is 1.76. The van der Waals surface area contributed by atoms with Crippen molar-refractivity contribution in [1.82, 2.24) is 0 Å². The average molecular weight is 421 g/mol. The molecule has 3 aromatic rings. The van der Waals surface area contributed by atoms with Crippen LogP contribution in [0.1, 0.15) is 22.3 Å². The van der Waals surface area contributed by atoms with E-state index in [2.05, 4.69) is 58.4 Å². The van der Waals surface area contributed by atoms with Gasteiger partial charge in [0.25, 0.3) is 0 Å². The molecule has 3 heteroatoms. The highest BCUT2D eigenvalue weighted by atomic mass is 79.9. The number of hydrogen-bond acceptors (Lipinski definition) is 2. The maximum atomic E-state index is 5.19. The van der Waals surface area contributed by atoms with Gasteiger partial charge in [0.1, 0.15) is 11.5 Å². The van der Waals surface area contributed by atoms with Crippen molar-refractivity contribution < 1.29 is 9.47 Å². The van der Waals surface area contributed by atoms with Gasteiger partial charge in [0, 0.05) is 4.47 Å². The van der Waals surface area contributed by atoms with Crippen LogP contribution >= 0.6 is 15.9 Å². The van der Waals surface area contributed by atoms with E-state index in [9.17, 15) is 0 Å². The van der Waals surface area contributed by atoms with E-state index < -0.39 is 0 Å². The number of methoxy groups -OCH3 is 2. The van der Waals surface area contributed by atoms with E-state index in [1.165, 1.54) is 0 Å². The SMILES string of the molecule is COc1ccc(/C=C/c2cc(Br)cc(/C=C/c3ccc(OC)cc3)c2)cc1. The summed E-state index contributed by atoms with van der Waals surface area (Å²) >= 11 is 3.60. The van der Waals surface area contributed by atoms with Crippen LogP contribution in [0.5, 0.6) is 11.5 Å². The van der Waals surface area contributed by atoms with Crippen molar-refractivity contribution in [1.29, 1.82) is 0 Å². The van der Waals surface area contributed by atoms with Crippen molar-refractivity contribution in [2.75, 3.05) is 14.2 Å². The summed E-state index contributed by atoms with van der Waals surface area (Å²) in [5, 5.41) is 0. The van der Waals surface area contributed by atoms with Crippen molar-refractivity contribution in [3.8, 4) is 11.5 Å². The third-order valence-electron chi connectivity index (χ3n) is 4.11. The molecule has 0 heterocycles. The van der Waals surface area contributed by atoms with Crippen LogP contribution in [0.25, 0.3) is 24.3 Å². The van der Waals surface area contributed by atoms with Gasteiger partial charge < -0.3 is 9.47 Å². The van der Waals surface area contributed by atoms with Crippen LogP contribution in [0.3, 0.4) is 0 Å². The molecule has 0 N–H and O–H groups in total. The second kappa shape index (κ2) is 9.24. The first-order valence-electron chi connectivity index (χ1n) is 8.61. The van der Waals surface area contributed by atoms with Crippen molar-refractivity contribution in [2.24, 2.45) is 0 Å². The average Bonchev–Trinajstić information content (AvgIpc) is 2.71. The molecule has 0 saturated carbocycles. The minimum Gasteiger partial charge on any atom is -0.497 e. The summed E-state index contributed by atoms with van der Waals surface area (Å²) in [7, 11) is 3.35. The fraction of sp³-hybridized carbons (Fsp3) is 0.0833. The highest BCUT2D eigenvalue weighted by Crippen LogP contribution is 2.21. The largest absolute Gasteiger partial charge is 0.497 e. The summed E-state index contributed by atoms with van der Waals surface area (Å²) in [6, 6.07) is 22.4. The molecule has 2 nitrogen and oxygen atoms in total. The zero-order chi connectivity index (χ0) is 19.1. The predicted octanol–water partition coefficient (Wildman–Crippen LogP) is 6.81. The smallest absolute Gasteiger partial charge is 0.118 e. The molecule has 0 atom stereocenters. The van der Waals surface area contributed by atoms with Gasteiger partial charge in [0.15, 0.2) is 0 Å². The van der Waals surface area contributed by atoms with Crippen LogP contribution < -0.4 is 9.47 Å². The molecule has 0 aromatic heterocycles. The second-order valence-electron chi connectivity index (χ2n) is 6.03. The van der Waals surface area contributed by atoms with Gasteiger partial charge in [-0.25, -0.2) is 0 Å². The first kappa shape index (κ1) is 19.0. The molecule has 136 valence electrons. The Bertz CT molecular complexity index is 863. The Morgan fingerprint density at radius 3 is 1.30 bits per heavy atom. The van der Waals surface area contributed by atoms with Gasteiger partial charge in [-0.15, -0.1) is 0 Å². The second-order valence-corrected chi connectivity index (χ2v) is 6.95. The molecule has 0 spiro atoms. The summed E-state index contributed by atoms with van der Waals surface area (Å²) in [5.74, 6) is 1.72. The van der Waals surface area contributed by atoms with Crippen LogP contribution in [-0.2, 0) is 0 Å². The Labute approximate surface area is 168 Å². The Morgan fingerprint density at radius 2 is 0.926 bits per heavy atom. The molecule has 3 aromatic carbocycles. The molecule has 0 aliphatic heterocycles. The molecule has 0 radical (unpaired) electrons. The number of ether oxygens (including phenoxy) is 2. The van der Waals surface area contributed by atoms with Gasteiger partial charge in [-0.3, -0.25) is 0 Å². The van der Waals surface area contributed by atoms with Gasteiger partial charge in [-0.1, -0.05) is 64.5 Å². The van der Waals surface area contributed by atoms with Crippen LogP contribution in [0.15, 0.2) is 71.2 Å². The quantitative estimate of drug-likeness (QED) is 0.407. The summed E-state index contributed by atoms with van der Waals surface area (Å²) < 4.78 is 11.4. The zero-order valence-corrected chi connectivity index (χ0v) is 16.9. The Morgan fingerprint density at radius 1 is 0.556 bits per heavy atom. The fourth-order valence-corrected chi connectivity index (χ4v) is 3.17. The molecule has 0 bridgehead atoms. The van der Waals surface area contributed by atoms with E-state index >= 15 is 0 Å². The molecule has 0 saturated heterocycles. The van der Waals surface area contributed by atoms with E-state index in [1.54, 1.807) is 14.2 Å². The van der Waals surface area contributed by atoms with Crippen LogP contribution in [-0.4, -0.2) is 14.2 Å². The van der Waals surface area contributed by atoms with E-state index in [4.69, 9.17) is 9.47 Å². The van der Waals surface area contributed by atoms with Gasteiger partial charge >= 0.3 is 0 Å². The molecule has 0 amide bonds. The lowest BCUT2D eigenvalue weighted by atomic mass is 10.1. The first-order valence-corrected chi connectivity index (χ1v) is 9.40. The van der Waals surface area contributed by atoms with Crippen molar-refractivity contribution in [3.05, 3.63) is 93.5 Å². The highest BCUT2D eigenvalue weighted by molar-refractivity contribution is 9.10. The summed E-state index contributed by atoms with van der Waals surface area (Å²) in [6.45, 7) is 0. The highest BCUT2D eigenvalue weighted by Gasteiger charge is 1.97. The van der Waals surface area contributed by atoms with E-state index in [0.29, 0.717) is 0 Å². The minimum absolute atomic E-state index is 0.862. The van der Waals surface area contributed by atoms with Crippen molar-refractivity contribution in [3.63, 3.8) is 0 Å². The van der Waals surface area contributed by atoms with Crippen molar-refractivity contribution >= 4 is 40.2 Å². The summed E-state index contributed by atoms with van der Waals surface area (Å²) in [4.78, 5) is 0. The molecule has 0 fully saturated rings. The lowest BCUT2D eigenvalue weighted by Gasteiger charge is -2.02. The number of rotatable bonds is 6. The fourth-order valence-electron chi connectivity index (χ4n) is 2.64. The summed E-state index contributed by atoms with van der Waals surface area (Å²) in [5.41, 5.74) is 4.53. The molecular weight excluding hydrogens is 400 g/mol. The van der Waals surface area contributed by atoms with E-state index in [0.717, 1.165) is 38.2 Å². The Kier molecular flexibility index (Phi) is 6.50. The lowest BCUT2D eigenvalue weighted by molar-refractivity contribution is 0.414. The normalized spacial score (nSPS) is 11.2. The molecule has 0 aliphatic rings. The van der Waals surface area contributed by atoms with E-state index in [-0.39, 0.29) is 0 Å². The zero-order valence-electron chi connectivity index (χ0n) is 15.4. The van der Waals surface area contributed by atoms with Gasteiger partial charge in [0.2, 0.25) is 0 Å². The molecular formula is C24H21BrO2. The predicted molar refractivity (Wildman–Crippen MR) is 118 cm³/mol. The van der Waals surface area contributed by atoms with Gasteiger partial charge in [-0.2, -0.15) is 0 Å². The molecule has 27 heavy (non-hydrogen) atoms. The molecule has 3 rings (SSSR count). The maximum absolute atomic E-state index is 5.19. The third kappa shape index (κ3) is 5.60. The van der Waals surface area contributed by atoms with Crippen molar-refractivity contribution in [2.45, 2.75) is 0 Å². The topological polar surface area (TPSA) is 18.5 Å². The lowest BCUT2D eigenvalue weighted by Crippen LogP contribution is -1.82. The van der Waals surface area contributed by atoms with Crippen LogP contribution in [0.4, 0.5) is 0 Å². The molecule has 0 aliphatic carbocycles. The number of halogens is 1. The van der Waals surface area contributed by atoms with Gasteiger partial charge in [0.05, 0.1) is 14.2 Å². The molecule has 0 unspecified atom stereocenters. The first-order chi connectivity index (χ1) is 13.2. The minimum atomic E-state index is 0.862. The monoisotopic (exact) mass is 420 g/mol.